The second kappa shape index (κ2) is 6.00. The number of nitrogens with one attached hydrogen (secondary N) is 2. The largest absolute Gasteiger partial charge is 0.350 e. The van der Waals surface area contributed by atoms with Crippen LogP contribution in [0, 0.1) is 5.92 Å². The average Bonchev–Trinajstić information content (AvgIpc) is 2.82. The molecule has 1 aliphatic heterocycles. The van der Waals surface area contributed by atoms with Crippen molar-refractivity contribution in [2.45, 2.75) is 45.3 Å². The smallest absolute Gasteiger partial charge is 0.237 e. The topological polar surface area (TPSA) is 59.0 Å². The Kier molecular flexibility index (Phi) is 4.36. The minimum absolute atomic E-state index is 0.0428. The van der Waals surface area contributed by atoms with Gasteiger partial charge in [0.25, 0.3) is 0 Å². The lowest BCUT2D eigenvalue weighted by atomic mass is 9.92. The number of piperidine rings is 1. The molecule has 0 bridgehead atoms. The molecule has 1 aromatic heterocycles. The van der Waals surface area contributed by atoms with E-state index < -0.39 is 0 Å². The Morgan fingerprint density at radius 1 is 1.67 bits per heavy atom. The maximum atomic E-state index is 12.1. The van der Waals surface area contributed by atoms with E-state index in [1.807, 2.05) is 23.9 Å². The molecule has 0 aromatic carbocycles. The third-order valence-corrected chi connectivity index (χ3v) is 3.46. The standard InChI is InChI=1S/C13H22N4O/c1-10-5-3-6-14-12(10)13(18)16-11(2)9-17-8-4-7-15-17/h4,7-8,10-12,14H,3,5-6,9H2,1-2H3,(H,16,18). The van der Waals surface area contributed by atoms with Crippen molar-refractivity contribution in [1.82, 2.24) is 20.4 Å². The third-order valence-electron chi connectivity index (χ3n) is 3.46. The molecule has 1 aliphatic rings. The van der Waals surface area contributed by atoms with Gasteiger partial charge in [0.15, 0.2) is 0 Å². The minimum atomic E-state index is -0.0428. The summed E-state index contributed by atoms with van der Waals surface area (Å²) in [6, 6.07) is 1.94. The normalized spacial score (nSPS) is 25.7. The van der Waals surface area contributed by atoms with E-state index >= 15 is 0 Å². The van der Waals surface area contributed by atoms with Crippen molar-refractivity contribution in [2.24, 2.45) is 5.92 Å². The molecule has 2 heterocycles. The van der Waals surface area contributed by atoms with Crippen LogP contribution in [-0.4, -0.2) is 34.3 Å². The first kappa shape index (κ1) is 13.1. The summed E-state index contributed by atoms with van der Waals surface area (Å²) in [6.07, 6.45) is 5.94. The highest BCUT2D eigenvalue weighted by Gasteiger charge is 2.27. The summed E-state index contributed by atoms with van der Waals surface area (Å²) in [7, 11) is 0. The third kappa shape index (κ3) is 3.32. The van der Waals surface area contributed by atoms with Gasteiger partial charge in [0.05, 0.1) is 12.6 Å². The number of nitrogens with zero attached hydrogens (tertiary/aromatic N) is 2. The molecular formula is C13H22N4O. The van der Waals surface area contributed by atoms with Crippen molar-refractivity contribution in [3.8, 4) is 0 Å². The lowest BCUT2D eigenvalue weighted by molar-refractivity contribution is -0.125. The fourth-order valence-corrected chi connectivity index (χ4v) is 2.47. The van der Waals surface area contributed by atoms with Gasteiger partial charge in [-0.3, -0.25) is 9.48 Å². The zero-order chi connectivity index (χ0) is 13.0. The molecular weight excluding hydrogens is 228 g/mol. The molecule has 5 heteroatoms. The van der Waals surface area contributed by atoms with Crippen molar-refractivity contribution >= 4 is 5.91 Å². The Balaban J connectivity index is 1.82. The molecule has 18 heavy (non-hydrogen) atoms. The highest BCUT2D eigenvalue weighted by molar-refractivity contribution is 5.82. The molecule has 5 nitrogen and oxygen atoms in total. The van der Waals surface area contributed by atoms with Crippen LogP contribution in [-0.2, 0) is 11.3 Å². The summed E-state index contributed by atoms with van der Waals surface area (Å²) in [5, 5.41) is 10.5. The van der Waals surface area contributed by atoms with E-state index in [-0.39, 0.29) is 18.0 Å². The van der Waals surface area contributed by atoms with Crippen LogP contribution in [0.5, 0.6) is 0 Å². The van der Waals surface area contributed by atoms with Crippen LogP contribution in [0.15, 0.2) is 18.5 Å². The van der Waals surface area contributed by atoms with Gasteiger partial charge >= 0.3 is 0 Å². The van der Waals surface area contributed by atoms with Gasteiger partial charge in [-0.05, 0) is 38.3 Å². The van der Waals surface area contributed by atoms with Gasteiger partial charge < -0.3 is 10.6 Å². The van der Waals surface area contributed by atoms with Gasteiger partial charge in [-0.1, -0.05) is 6.92 Å². The number of hydrogen-bond acceptors (Lipinski definition) is 3. The Morgan fingerprint density at radius 2 is 2.50 bits per heavy atom. The van der Waals surface area contributed by atoms with E-state index in [9.17, 15) is 4.79 Å². The Labute approximate surface area is 108 Å². The molecule has 1 fully saturated rings. The van der Waals surface area contributed by atoms with Crippen molar-refractivity contribution in [1.29, 1.82) is 0 Å². The number of hydrogen-bond donors (Lipinski definition) is 2. The molecule has 2 N–H and O–H groups in total. The lowest BCUT2D eigenvalue weighted by Gasteiger charge is -2.30. The van der Waals surface area contributed by atoms with Crippen molar-refractivity contribution in [3.05, 3.63) is 18.5 Å². The molecule has 1 saturated heterocycles. The fraction of sp³-hybridized carbons (Fsp3) is 0.692. The Bertz CT molecular complexity index is 376. The van der Waals surface area contributed by atoms with E-state index in [1.165, 1.54) is 0 Å². The zero-order valence-corrected chi connectivity index (χ0v) is 11.1. The first-order chi connectivity index (χ1) is 8.66. The van der Waals surface area contributed by atoms with Crippen LogP contribution in [0.3, 0.4) is 0 Å². The number of carbonyl (C=O) groups is 1. The van der Waals surface area contributed by atoms with Crippen molar-refractivity contribution < 1.29 is 4.79 Å². The molecule has 3 atom stereocenters. The van der Waals surface area contributed by atoms with E-state index in [2.05, 4.69) is 22.7 Å². The van der Waals surface area contributed by atoms with Crippen LogP contribution in [0.1, 0.15) is 26.7 Å². The molecule has 100 valence electrons. The molecule has 0 saturated carbocycles. The van der Waals surface area contributed by atoms with Gasteiger partial charge in [0.2, 0.25) is 5.91 Å². The highest BCUT2D eigenvalue weighted by Crippen LogP contribution is 2.15. The van der Waals surface area contributed by atoms with E-state index in [0.717, 1.165) is 19.4 Å². The first-order valence-electron chi connectivity index (χ1n) is 6.68. The minimum Gasteiger partial charge on any atom is -0.350 e. The maximum absolute atomic E-state index is 12.1. The lowest BCUT2D eigenvalue weighted by Crippen LogP contribution is -2.53. The van der Waals surface area contributed by atoms with E-state index in [1.54, 1.807) is 6.20 Å². The Morgan fingerprint density at radius 3 is 3.17 bits per heavy atom. The van der Waals surface area contributed by atoms with Crippen molar-refractivity contribution in [2.75, 3.05) is 6.54 Å². The van der Waals surface area contributed by atoms with E-state index in [4.69, 9.17) is 0 Å². The molecule has 0 radical (unpaired) electrons. The van der Waals surface area contributed by atoms with Crippen LogP contribution >= 0.6 is 0 Å². The predicted molar refractivity (Wildman–Crippen MR) is 70.0 cm³/mol. The van der Waals surface area contributed by atoms with Gasteiger partial charge in [-0.15, -0.1) is 0 Å². The van der Waals surface area contributed by atoms with Gasteiger partial charge in [-0.25, -0.2) is 0 Å². The van der Waals surface area contributed by atoms with Gasteiger partial charge in [0.1, 0.15) is 0 Å². The number of aromatic nitrogens is 2. The summed E-state index contributed by atoms with van der Waals surface area (Å²) < 4.78 is 1.84. The van der Waals surface area contributed by atoms with Crippen LogP contribution < -0.4 is 10.6 Å². The SMILES string of the molecule is CC(Cn1cccn1)NC(=O)C1NCCCC1C. The summed E-state index contributed by atoms with van der Waals surface area (Å²) in [4.78, 5) is 12.1. The van der Waals surface area contributed by atoms with E-state index in [0.29, 0.717) is 12.5 Å². The molecule has 3 unspecified atom stereocenters. The second-order valence-corrected chi connectivity index (χ2v) is 5.19. The monoisotopic (exact) mass is 250 g/mol. The molecule has 0 aliphatic carbocycles. The quantitative estimate of drug-likeness (QED) is 0.830. The maximum Gasteiger partial charge on any atom is 0.237 e. The number of rotatable bonds is 4. The van der Waals surface area contributed by atoms with Crippen LogP contribution in [0.4, 0.5) is 0 Å². The first-order valence-corrected chi connectivity index (χ1v) is 6.68. The van der Waals surface area contributed by atoms with Crippen LogP contribution in [0.25, 0.3) is 0 Å². The zero-order valence-electron chi connectivity index (χ0n) is 11.1. The average molecular weight is 250 g/mol. The molecule has 1 aromatic rings. The van der Waals surface area contributed by atoms with Crippen LogP contribution in [0.2, 0.25) is 0 Å². The molecule has 0 spiro atoms. The fourth-order valence-electron chi connectivity index (χ4n) is 2.47. The van der Waals surface area contributed by atoms with Crippen molar-refractivity contribution in [3.63, 3.8) is 0 Å². The summed E-state index contributed by atoms with van der Waals surface area (Å²) in [5.41, 5.74) is 0. The highest BCUT2D eigenvalue weighted by atomic mass is 16.2. The van der Waals surface area contributed by atoms with Gasteiger partial charge in [0, 0.05) is 18.4 Å². The number of carbonyl (C=O) groups excluding carboxylic acids is 1. The van der Waals surface area contributed by atoms with Gasteiger partial charge in [-0.2, -0.15) is 5.10 Å². The second-order valence-electron chi connectivity index (χ2n) is 5.19. The number of amides is 1. The summed E-state index contributed by atoms with van der Waals surface area (Å²) >= 11 is 0. The molecule has 2 rings (SSSR count). The Hall–Kier alpha value is -1.36. The summed E-state index contributed by atoms with van der Waals surface area (Å²) in [5.74, 6) is 0.525. The predicted octanol–water partition coefficient (Wildman–Crippen LogP) is 0.776. The molecule has 1 amide bonds. The summed E-state index contributed by atoms with van der Waals surface area (Å²) in [6.45, 7) is 5.79.